The molecule has 1 saturated heterocycles. The van der Waals surface area contributed by atoms with E-state index in [0.717, 1.165) is 55.5 Å². The highest BCUT2D eigenvalue weighted by Gasteiger charge is 2.28. The molecule has 2 aliphatic rings. The van der Waals surface area contributed by atoms with Crippen molar-refractivity contribution in [1.29, 1.82) is 0 Å². The van der Waals surface area contributed by atoms with Gasteiger partial charge < -0.3 is 25.2 Å². The van der Waals surface area contributed by atoms with Crippen LogP contribution in [0, 0.1) is 5.82 Å². The molecule has 4 aromatic rings. The van der Waals surface area contributed by atoms with Crippen molar-refractivity contribution < 1.29 is 18.8 Å². The van der Waals surface area contributed by atoms with E-state index in [1.54, 1.807) is 18.3 Å². The maximum atomic E-state index is 14.9. The summed E-state index contributed by atoms with van der Waals surface area (Å²) in [5, 5.41) is 21.9. The number of nitrogens with zero attached hydrogens (tertiary/aromatic N) is 6. The summed E-state index contributed by atoms with van der Waals surface area (Å²) in [6.07, 6.45) is 5.29. The molecule has 4 heterocycles. The van der Waals surface area contributed by atoms with Gasteiger partial charge in [0.05, 0.1) is 17.2 Å². The average Bonchev–Trinajstić information content (AvgIpc) is 3.53. The number of urea groups is 1. The third-order valence-electron chi connectivity index (χ3n) is 6.76. The van der Waals surface area contributed by atoms with Gasteiger partial charge in [0.15, 0.2) is 10.9 Å². The molecule has 1 aliphatic heterocycles. The number of carbonyl (C=O) groups is 1. The van der Waals surface area contributed by atoms with E-state index in [1.165, 1.54) is 29.8 Å². The molecule has 12 nitrogen and oxygen atoms in total. The quantitative estimate of drug-likeness (QED) is 0.234. The van der Waals surface area contributed by atoms with Crippen LogP contribution in [-0.4, -0.2) is 75.5 Å². The number of anilines is 5. The Kier molecular flexibility index (Phi) is 7.53. The zero-order valence-electron chi connectivity index (χ0n) is 21.5. The second-order valence-corrected chi connectivity index (χ2v) is 10.7. The van der Waals surface area contributed by atoms with E-state index in [4.69, 9.17) is 9.63 Å². The van der Waals surface area contributed by atoms with Gasteiger partial charge in [-0.05, 0) is 30.5 Å². The first-order valence-electron chi connectivity index (χ1n) is 13.0. The zero-order valence-corrected chi connectivity index (χ0v) is 22.3. The smallest absolute Gasteiger partial charge is 0.325 e. The van der Waals surface area contributed by atoms with Gasteiger partial charge >= 0.3 is 6.03 Å². The van der Waals surface area contributed by atoms with E-state index >= 15 is 0 Å². The van der Waals surface area contributed by atoms with Gasteiger partial charge in [-0.1, -0.05) is 22.6 Å². The van der Waals surface area contributed by atoms with E-state index in [-0.39, 0.29) is 18.1 Å². The molecule has 0 unspecified atom stereocenters. The lowest BCUT2D eigenvalue weighted by molar-refractivity contribution is 0.188. The molecular weight excluding hydrogens is 537 g/mol. The molecule has 6 rings (SSSR count). The highest BCUT2D eigenvalue weighted by Crippen LogP contribution is 2.40. The number of hydrogen-bond acceptors (Lipinski definition) is 11. The number of aliphatic hydroxyl groups is 1. The number of nitrogens with one attached hydrogen (secondary N) is 3. The van der Waals surface area contributed by atoms with E-state index in [2.05, 4.69) is 45.9 Å². The van der Waals surface area contributed by atoms with Crippen molar-refractivity contribution in [2.24, 2.45) is 0 Å². The van der Waals surface area contributed by atoms with Gasteiger partial charge in [0.25, 0.3) is 0 Å². The van der Waals surface area contributed by atoms with Gasteiger partial charge in [-0.3, -0.25) is 10.2 Å². The van der Waals surface area contributed by atoms with Crippen molar-refractivity contribution in [2.45, 2.75) is 18.8 Å². The van der Waals surface area contributed by atoms with E-state index in [0.29, 0.717) is 29.0 Å². The molecule has 1 saturated carbocycles. The van der Waals surface area contributed by atoms with Gasteiger partial charge in [-0.15, -0.1) is 0 Å². The molecule has 2 amide bonds. The number of halogens is 1. The number of benzene rings is 1. The monoisotopic (exact) mass is 565 g/mol. The number of piperazine rings is 1. The number of aliphatic hydroxyl groups excluding tert-OH is 1. The Labute approximate surface area is 233 Å². The number of rotatable bonds is 9. The van der Waals surface area contributed by atoms with E-state index in [1.807, 2.05) is 6.07 Å². The highest BCUT2D eigenvalue weighted by molar-refractivity contribution is 7.18. The van der Waals surface area contributed by atoms with Crippen molar-refractivity contribution in [3.63, 3.8) is 0 Å². The minimum atomic E-state index is -0.608. The van der Waals surface area contributed by atoms with Crippen LogP contribution in [0.1, 0.15) is 24.5 Å². The van der Waals surface area contributed by atoms with Crippen LogP contribution in [0.4, 0.5) is 37.5 Å². The lowest BCUT2D eigenvalue weighted by Crippen LogP contribution is -2.47. The van der Waals surface area contributed by atoms with Crippen LogP contribution in [0.25, 0.3) is 10.4 Å². The number of carbonyl (C=O) groups excluding carboxylic acids is 1. The topological polar surface area (TPSA) is 145 Å². The maximum absolute atomic E-state index is 14.9. The Bertz CT molecular complexity index is 1480. The molecular formula is C26H28FN9O3S. The van der Waals surface area contributed by atoms with Crippen LogP contribution in [0.5, 0.6) is 0 Å². The summed E-state index contributed by atoms with van der Waals surface area (Å²) in [5.41, 5.74) is 0.671. The van der Waals surface area contributed by atoms with Crippen LogP contribution < -0.4 is 20.9 Å². The fraction of sp³-hybridized carbons (Fsp3) is 0.346. The van der Waals surface area contributed by atoms with Gasteiger partial charge in [-0.2, -0.15) is 0 Å². The van der Waals surface area contributed by atoms with Crippen LogP contribution in [-0.2, 0) is 0 Å². The number of amides is 2. The highest BCUT2D eigenvalue weighted by atomic mass is 32.1. The predicted molar refractivity (Wildman–Crippen MR) is 150 cm³/mol. The summed E-state index contributed by atoms with van der Waals surface area (Å²) in [6, 6.07) is 7.54. The van der Waals surface area contributed by atoms with Crippen molar-refractivity contribution in [3.05, 3.63) is 54.4 Å². The first-order chi connectivity index (χ1) is 19.5. The molecule has 3 aromatic heterocycles. The first kappa shape index (κ1) is 26.1. The molecule has 0 radical (unpaired) electrons. The molecule has 0 spiro atoms. The van der Waals surface area contributed by atoms with Gasteiger partial charge in [-0.25, -0.2) is 24.1 Å². The summed E-state index contributed by atoms with van der Waals surface area (Å²) in [6.45, 7) is 4.20. The third kappa shape index (κ3) is 6.19. The molecule has 0 bridgehead atoms. The van der Waals surface area contributed by atoms with Crippen LogP contribution >= 0.6 is 11.3 Å². The number of aromatic nitrogens is 4. The largest absolute Gasteiger partial charge is 0.395 e. The van der Waals surface area contributed by atoms with E-state index < -0.39 is 11.8 Å². The number of β-amino-alcohol motifs (C(OH)–C–C–N with tert-alkyl or cyclic N) is 1. The fourth-order valence-corrected chi connectivity index (χ4v) is 5.27. The molecule has 208 valence electrons. The minimum absolute atomic E-state index is 0.0423. The summed E-state index contributed by atoms with van der Waals surface area (Å²) >= 11 is 1.36. The Balaban J connectivity index is 1.06. The number of thiazole rings is 1. The molecule has 40 heavy (non-hydrogen) atoms. The van der Waals surface area contributed by atoms with Gasteiger partial charge in [0.1, 0.15) is 29.5 Å². The molecule has 14 heteroatoms. The Morgan fingerprint density at radius 2 is 1.93 bits per heavy atom. The minimum Gasteiger partial charge on any atom is -0.395 e. The Morgan fingerprint density at radius 3 is 2.70 bits per heavy atom. The van der Waals surface area contributed by atoms with Crippen molar-refractivity contribution >= 4 is 45.6 Å². The second kappa shape index (κ2) is 11.5. The SMILES string of the molecule is O=C(Nc1cc(C2CC2)on1)Nc1ccc(-c2cnc(Nc3cc(N4CCN(CCO)CC4)ncn3)s2)cc1F. The summed E-state index contributed by atoms with van der Waals surface area (Å²) in [7, 11) is 0. The van der Waals surface area contributed by atoms with Gasteiger partial charge in [0, 0.05) is 57.0 Å². The Morgan fingerprint density at radius 1 is 1.07 bits per heavy atom. The van der Waals surface area contributed by atoms with E-state index in [9.17, 15) is 9.18 Å². The van der Waals surface area contributed by atoms with Crippen molar-refractivity contribution in [3.8, 4) is 10.4 Å². The van der Waals surface area contributed by atoms with Crippen molar-refractivity contribution in [1.82, 2.24) is 25.0 Å². The summed E-state index contributed by atoms with van der Waals surface area (Å²) < 4.78 is 20.1. The van der Waals surface area contributed by atoms with Gasteiger partial charge in [0.2, 0.25) is 0 Å². The third-order valence-corrected chi connectivity index (χ3v) is 7.72. The molecule has 0 atom stereocenters. The average molecular weight is 566 g/mol. The maximum Gasteiger partial charge on any atom is 0.325 e. The normalized spacial score (nSPS) is 15.7. The predicted octanol–water partition coefficient (Wildman–Crippen LogP) is 4.11. The zero-order chi connectivity index (χ0) is 27.5. The van der Waals surface area contributed by atoms with Crippen LogP contribution in [0.2, 0.25) is 0 Å². The molecule has 1 aliphatic carbocycles. The summed E-state index contributed by atoms with van der Waals surface area (Å²) in [4.78, 5) is 30.6. The first-order valence-corrected chi connectivity index (χ1v) is 13.8. The lowest BCUT2D eigenvalue weighted by atomic mass is 10.2. The standard InChI is InChI=1S/C26H28FN9O3S/c27-18-11-17(3-4-19(18)31-25(38)32-23-12-20(39-34-23)16-1-2-16)21-14-28-26(40-21)33-22-13-24(30-15-29-22)36-7-5-35(6-8-36)9-10-37/h3-4,11-16,37H,1-2,5-10H2,(H,28,29,30,33)(H2,31,32,34,38). The second-order valence-electron chi connectivity index (χ2n) is 9.63. The van der Waals surface area contributed by atoms with Crippen LogP contribution in [0.15, 0.2) is 47.4 Å². The van der Waals surface area contributed by atoms with Crippen LogP contribution in [0.3, 0.4) is 0 Å². The fourth-order valence-electron chi connectivity index (χ4n) is 4.45. The lowest BCUT2D eigenvalue weighted by Gasteiger charge is -2.35. The molecule has 1 aromatic carbocycles. The molecule has 4 N–H and O–H groups in total. The van der Waals surface area contributed by atoms with Crippen molar-refractivity contribution in [2.75, 3.05) is 60.2 Å². The Hall–Kier alpha value is -4.14. The summed E-state index contributed by atoms with van der Waals surface area (Å²) in [5.74, 6) is 2.27. The molecule has 2 fully saturated rings. The number of hydrogen-bond donors (Lipinski definition) is 4.